The molecule has 0 spiro atoms. The van der Waals surface area contributed by atoms with Crippen LogP contribution in [0.3, 0.4) is 0 Å². The van der Waals surface area contributed by atoms with E-state index in [0.717, 1.165) is 5.92 Å². The third-order valence-corrected chi connectivity index (χ3v) is 5.15. The van der Waals surface area contributed by atoms with Gasteiger partial charge >= 0.3 is 0 Å². The quantitative estimate of drug-likeness (QED) is 0.794. The van der Waals surface area contributed by atoms with Gasteiger partial charge in [0.1, 0.15) is 0 Å². The van der Waals surface area contributed by atoms with Gasteiger partial charge in [0.05, 0.1) is 0 Å². The van der Waals surface area contributed by atoms with E-state index >= 15 is 0 Å². The molecule has 0 aromatic heterocycles. The van der Waals surface area contributed by atoms with Gasteiger partial charge in [0, 0.05) is 12.0 Å². The molecule has 0 heterocycles. The van der Waals surface area contributed by atoms with Gasteiger partial charge in [0.15, 0.2) is 0 Å². The molecule has 98 valence electrons. The number of fused-ring (bicyclic) bond motifs is 1. The van der Waals surface area contributed by atoms with Crippen LogP contribution in [0.5, 0.6) is 0 Å². The van der Waals surface area contributed by atoms with Gasteiger partial charge in [0.25, 0.3) is 0 Å². The normalized spacial score (nSPS) is 29.0. The first-order chi connectivity index (χ1) is 8.77. The van der Waals surface area contributed by atoms with Crippen molar-refractivity contribution in [2.24, 2.45) is 11.7 Å². The van der Waals surface area contributed by atoms with Crippen molar-refractivity contribution >= 4 is 0 Å². The van der Waals surface area contributed by atoms with Crippen LogP contribution < -0.4 is 5.73 Å². The second-order valence-electron chi connectivity index (χ2n) is 6.27. The summed E-state index contributed by atoms with van der Waals surface area (Å²) in [6.07, 6.45) is 9.41. The highest BCUT2D eigenvalue weighted by molar-refractivity contribution is 5.40. The highest BCUT2D eigenvalue weighted by atomic mass is 14.7. The molecule has 0 radical (unpaired) electrons. The smallest absolute Gasteiger partial charge is 0.0114 e. The van der Waals surface area contributed by atoms with Crippen molar-refractivity contribution in [1.82, 2.24) is 0 Å². The van der Waals surface area contributed by atoms with Crippen molar-refractivity contribution in [2.45, 2.75) is 63.8 Å². The fourth-order valence-corrected chi connectivity index (χ4v) is 4.20. The first kappa shape index (κ1) is 12.2. The lowest BCUT2D eigenvalue weighted by atomic mass is 9.68. The monoisotopic (exact) mass is 243 g/mol. The maximum atomic E-state index is 6.47. The van der Waals surface area contributed by atoms with Crippen LogP contribution in [-0.4, -0.2) is 6.04 Å². The third kappa shape index (κ3) is 2.09. The second kappa shape index (κ2) is 5.05. The van der Waals surface area contributed by atoms with E-state index < -0.39 is 0 Å². The summed E-state index contributed by atoms with van der Waals surface area (Å²) in [6, 6.07) is 7.22. The SMILES string of the molecule is Cc1cccc2c1CCC(N)C2C1CCCCC1. The van der Waals surface area contributed by atoms with Gasteiger partial charge in [-0.2, -0.15) is 0 Å². The van der Waals surface area contributed by atoms with Gasteiger partial charge in [-0.25, -0.2) is 0 Å². The van der Waals surface area contributed by atoms with Gasteiger partial charge in [-0.3, -0.25) is 0 Å². The maximum absolute atomic E-state index is 6.47. The van der Waals surface area contributed by atoms with E-state index in [-0.39, 0.29) is 0 Å². The Morgan fingerprint density at radius 3 is 2.61 bits per heavy atom. The van der Waals surface area contributed by atoms with Gasteiger partial charge in [-0.15, -0.1) is 0 Å². The Labute approximate surface area is 111 Å². The number of hydrogen-bond acceptors (Lipinski definition) is 1. The van der Waals surface area contributed by atoms with Crippen LogP contribution in [0.15, 0.2) is 18.2 Å². The molecule has 2 aliphatic rings. The van der Waals surface area contributed by atoms with Crippen molar-refractivity contribution in [2.75, 3.05) is 0 Å². The molecule has 1 fully saturated rings. The number of nitrogens with two attached hydrogens (primary N) is 1. The van der Waals surface area contributed by atoms with E-state index in [1.54, 1.807) is 11.1 Å². The third-order valence-electron chi connectivity index (χ3n) is 5.15. The van der Waals surface area contributed by atoms with Crippen molar-refractivity contribution < 1.29 is 0 Å². The number of benzene rings is 1. The van der Waals surface area contributed by atoms with Gasteiger partial charge in [0.2, 0.25) is 0 Å². The van der Waals surface area contributed by atoms with E-state index in [1.165, 1.54) is 50.5 Å². The fraction of sp³-hybridized carbons (Fsp3) is 0.647. The second-order valence-corrected chi connectivity index (χ2v) is 6.27. The molecule has 0 bridgehead atoms. The summed E-state index contributed by atoms with van der Waals surface area (Å²) in [5.74, 6) is 1.48. The molecule has 1 aromatic carbocycles. The van der Waals surface area contributed by atoms with Crippen LogP contribution >= 0.6 is 0 Å². The van der Waals surface area contributed by atoms with E-state index in [4.69, 9.17) is 5.73 Å². The first-order valence-electron chi connectivity index (χ1n) is 7.61. The fourth-order valence-electron chi connectivity index (χ4n) is 4.20. The van der Waals surface area contributed by atoms with Crippen LogP contribution in [0.1, 0.15) is 61.1 Å². The molecule has 0 amide bonds. The van der Waals surface area contributed by atoms with E-state index in [0.29, 0.717) is 12.0 Å². The molecule has 2 atom stereocenters. The Bertz CT molecular complexity index is 418. The number of rotatable bonds is 1. The predicted molar refractivity (Wildman–Crippen MR) is 76.8 cm³/mol. The van der Waals surface area contributed by atoms with E-state index in [1.807, 2.05) is 0 Å². The molecular weight excluding hydrogens is 218 g/mol. The minimum Gasteiger partial charge on any atom is -0.327 e. The summed E-state index contributed by atoms with van der Waals surface area (Å²) >= 11 is 0. The summed E-state index contributed by atoms with van der Waals surface area (Å²) in [5, 5.41) is 0. The molecular formula is C17H25N. The topological polar surface area (TPSA) is 26.0 Å². The molecule has 1 nitrogen and oxygen atoms in total. The summed E-state index contributed by atoms with van der Waals surface area (Å²) in [4.78, 5) is 0. The summed E-state index contributed by atoms with van der Waals surface area (Å²) in [6.45, 7) is 2.26. The van der Waals surface area contributed by atoms with E-state index in [2.05, 4.69) is 25.1 Å². The molecule has 2 unspecified atom stereocenters. The largest absolute Gasteiger partial charge is 0.327 e. The van der Waals surface area contributed by atoms with Crippen LogP contribution in [0, 0.1) is 12.8 Å². The number of hydrogen-bond donors (Lipinski definition) is 1. The zero-order valence-corrected chi connectivity index (χ0v) is 11.5. The van der Waals surface area contributed by atoms with Crippen molar-refractivity contribution in [3.05, 3.63) is 34.9 Å². The standard InChI is InChI=1S/C17H25N/c1-12-6-5-9-15-14(12)10-11-16(18)17(15)13-7-3-2-4-8-13/h5-6,9,13,16-17H,2-4,7-8,10-11,18H2,1H3. The summed E-state index contributed by atoms with van der Waals surface area (Å²) in [5.41, 5.74) is 11.1. The molecule has 3 rings (SSSR count). The lowest BCUT2D eigenvalue weighted by Gasteiger charge is -2.39. The van der Waals surface area contributed by atoms with Crippen molar-refractivity contribution in [3.8, 4) is 0 Å². The van der Waals surface area contributed by atoms with Crippen LogP contribution in [0.4, 0.5) is 0 Å². The van der Waals surface area contributed by atoms with Crippen LogP contribution in [-0.2, 0) is 6.42 Å². The maximum Gasteiger partial charge on any atom is 0.0114 e. The molecule has 1 aromatic rings. The predicted octanol–water partition coefficient (Wildman–Crippen LogP) is 3.93. The van der Waals surface area contributed by atoms with E-state index in [9.17, 15) is 0 Å². The number of aryl methyl sites for hydroxylation is 1. The van der Waals surface area contributed by atoms with Crippen molar-refractivity contribution in [3.63, 3.8) is 0 Å². The molecule has 1 saturated carbocycles. The molecule has 2 aliphatic carbocycles. The zero-order chi connectivity index (χ0) is 12.5. The minimum atomic E-state index is 0.391. The first-order valence-corrected chi connectivity index (χ1v) is 7.61. The Morgan fingerprint density at radius 2 is 1.83 bits per heavy atom. The Hall–Kier alpha value is -0.820. The summed E-state index contributed by atoms with van der Waals surface area (Å²) in [7, 11) is 0. The molecule has 2 N–H and O–H groups in total. The molecule has 1 heteroatoms. The van der Waals surface area contributed by atoms with Gasteiger partial charge in [-0.1, -0.05) is 37.5 Å². The minimum absolute atomic E-state index is 0.391. The van der Waals surface area contributed by atoms with Crippen LogP contribution in [0.2, 0.25) is 0 Å². The highest BCUT2D eigenvalue weighted by Gasteiger charge is 2.34. The van der Waals surface area contributed by atoms with Gasteiger partial charge in [-0.05, 0) is 55.2 Å². The van der Waals surface area contributed by atoms with Crippen molar-refractivity contribution in [1.29, 1.82) is 0 Å². The average Bonchev–Trinajstić information content (AvgIpc) is 2.40. The Kier molecular flexibility index (Phi) is 3.43. The Morgan fingerprint density at radius 1 is 1.06 bits per heavy atom. The average molecular weight is 243 g/mol. The molecule has 18 heavy (non-hydrogen) atoms. The lowest BCUT2D eigenvalue weighted by molar-refractivity contribution is 0.262. The molecule has 0 saturated heterocycles. The van der Waals surface area contributed by atoms with Gasteiger partial charge < -0.3 is 5.73 Å². The highest BCUT2D eigenvalue weighted by Crippen LogP contribution is 2.43. The summed E-state index contributed by atoms with van der Waals surface area (Å²) < 4.78 is 0. The lowest BCUT2D eigenvalue weighted by Crippen LogP contribution is -2.38. The molecule has 0 aliphatic heterocycles. The zero-order valence-electron chi connectivity index (χ0n) is 11.5. The van der Waals surface area contributed by atoms with Crippen LogP contribution in [0.25, 0.3) is 0 Å². The Balaban J connectivity index is 1.96.